The number of hydrogen-bond acceptors (Lipinski definition) is 9. The summed E-state index contributed by atoms with van der Waals surface area (Å²) in [7, 11) is 1.37. The highest BCUT2D eigenvalue weighted by molar-refractivity contribution is 9.09. The first-order valence-electron chi connectivity index (χ1n) is 20.4. The van der Waals surface area contributed by atoms with E-state index in [-0.39, 0.29) is 23.6 Å². The molecule has 58 heavy (non-hydrogen) atoms. The highest BCUT2D eigenvalue weighted by atomic mass is 79.9. The van der Waals surface area contributed by atoms with Crippen molar-refractivity contribution in [2.75, 3.05) is 17.9 Å². The summed E-state index contributed by atoms with van der Waals surface area (Å²) in [5.74, 6) is 1.40. The lowest BCUT2D eigenvalue weighted by molar-refractivity contribution is -0.181. The first kappa shape index (κ1) is 38.9. The number of anilines is 1. The Hall–Kier alpha value is -4.61. The van der Waals surface area contributed by atoms with Gasteiger partial charge in [0.05, 0.1) is 46.6 Å². The molecule has 6 atom stereocenters. The first-order chi connectivity index (χ1) is 27.6. The topological polar surface area (TPSA) is 110 Å². The van der Waals surface area contributed by atoms with Crippen LogP contribution in [0.2, 0.25) is 0 Å². The number of methoxy groups -OCH3 is 1. The quantitative estimate of drug-likeness (QED) is 0.0923. The van der Waals surface area contributed by atoms with Crippen LogP contribution in [0.4, 0.5) is 5.95 Å². The van der Waals surface area contributed by atoms with Crippen LogP contribution in [-0.4, -0.2) is 56.3 Å². The predicted octanol–water partition coefficient (Wildman–Crippen LogP) is 9.97. The van der Waals surface area contributed by atoms with Crippen molar-refractivity contribution in [1.29, 1.82) is 0 Å². The van der Waals surface area contributed by atoms with Crippen LogP contribution < -0.4 is 19.5 Å². The number of imidazole rings is 1. The Labute approximate surface area is 348 Å². The molecule has 1 saturated heterocycles. The van der Waals surface area contributed by atoms with Gasteiger partial charge in [0.1, 0.15) is 28.4 Å². The van der Waals surface area contributed by atoms with Gasteiger partial charge in [-0.25, -0.2) is 9.78 Å². The Bertz CT molecular complexity index is 2460. The number of nitrogens with one attached hydrogen (secondary N) is 1. The first-order valence-corrected chi connectivity index (χ1v) is 21.5. The number of nitrogens with zero attached hydrogens (tertiary/aromatic N) is 2. The van der Waals surface area contributed by atoms with Gasteiger partial charge in [-0.15, -0.1) is 0 Å². The summed E-state index contributed by atoms with van der Waals surface area (Å²) >= 11 is 3.60. The van der Waals surface area contributed by atoms with E-state index in [1.54, 1.807) is 13.0 Å². The molecule has 1 aromatic heterocycles. The molecule has 0 amide bonds. The number of esters is 1. The van der Waals surface area contributed by atoms with E-state index in [1.807, 2.05) is 18.2 Å². The van der Waals surface area contributed by atoms with Crippen molar-refractivity contribution < 1.29 is 33.3 Å². The molecular formula is C47H52BrN3O7. The SMILES string of the molecule is COC(=O)/C(C)=C\CC12OC(C)(C)C3CC(C1=O)C1C4=C(Nc5nc6ccccc6n51)c1c(OCBr)c5c(c(CC=C(C)C)c1OC432)OC(C)(CCC=C(C)C)C=C5. The van der Waals surface area contributed by atoms with Crippen LogP contribution in [-0.2, 0) is 25.5 Å². The van der Waals surface area contributed by atoms with Crippen molar-refractivity contribution in [3.8, 4) is 17.2 Å². The van der Waals surface area contributed by atoms with E-state index in [1.165, 1.54) is 12.7 Å². The van der Waals surface area contributed by atoms with E-state index in [4.69, 9.17) is 28.7 Å². The monoisotopic (exact) mass is 849 g/mol. The number of allylic oxidation sites excluding steroid dienone is 4. The molecule has 6 unspecified atom stereocenters. The number of halogens is 1. The molecule has 4 fully saturated rings. The lowest BCUT2D eigenvalue weighted by Gasteiger charge is -2.62. The van der Waals surface area contributed by atoms with E-state index >= 15 is 4.79 Å². The summed E-state index contributed by atoms with van der Waals surface area (Å²) in [4.78, 5) is 33.6. The summed E-state index contributed by atoms with van der Waals surface area (Å²) in [6.07, 6.45) is 13.3. The normalized spacial score (nSPS) is 29.0. The summed E-state index contributed by atoms with van der Waals surface area (Å²) in [6, 6.07) is 7.65. The number of hydrogen-bond donors (Lipinski definition) is 1. The number of para-hydroxylation sites is 2. The summed E-state index contributed by atoms with van der Waals surface area (Å²) in [5, 5.41) is 3.84. The molecule has 5 heterocycles. The zero-order valence-corrected chi connectivity index (χ0v) is 36.4. The second kappa shape index (κ2) is 13.5. The maximum atomic E-state index is 15.7. The lowest BCUT2D eigenvalue weighted by Crippen LogP contribution is -2.75. The van der Waals surface area contributed by atoms with Gasteiger partial charge in [-0.3, -0.25) is 4.79 Å². The Balaban J connectivity index is 1.37. The molecule has 304 valence electrons. The fourth-order valence-corrected chi connectivity index (χ4v) is 11.0. The van der Waals surface area contributed by atoms with Crippen molar-refractivity contribution in [1.82, 2.24) is 9.55 Å². The van der Waals surface area contributed by atoms with Crippen LogP contribution in [0.1, 0.15) is 104 Å². The second-order valence-electron chi connectivity index (χ2n) is 17.9. The predicted molar refractivity (Wildman–Crippen MR) is 228 cm³/mol. The molecule has 10 rings (SSSR count). The fraction of sp³-hybridized carbons (Fsp3) is 0.468. The third-order valence-electron chi connectivity index (χ3n) is 13.3. The maximum Gasteiger partial charge on any atom is 0.333 e. The average molecular weight is 851 g/mol. The number of ketones is 1. The number of Topliss-reactive ketones (excluding diaryl/α,β-unsaturated/α-hetero) is 1. The molecule has 0 radical (unpaired) electrons. The standard InChI is InChI=1S/C47H52BrN3O7/c1-25(2)13-12-20-45(8)21-19-29-38(56-45)28(17-16-26(3)4)40-34(39(29)55-24-48)36-35-37(51-32-15-11-10-14-31(32)49-43(51)50-36)30-23-33-44(6,7)58-46(41(30)52,47(33,35)57-40)22-18-27(5)42(53)54-9/h10-11,13-16,18-19,21,30,33,37H,12,17,20,22-24H2,1-9H3,(H,49,50)/b27-18-. The van der Waals surface area contributed by atoms with E-state index in [0.717, 1.165) is 57.4 Å². The van der Waals surface area contributed by atoms with Crippen LogP contribution in [0.15, 0.2) is 70.9 Å². The highest BCUT2D eigenvalue weighted by Crippen LogP contribution is 2.74. The van der Waals surface area contributed by atoms with Crippen LogP contribution in [0.5, 0.6) is 17.2 Å². The van der Waals surface area contributed by atoms with Crippen LogP contribution in [0.3, 0.4) is 0 Å². The minimum absolute atomic E-state index is 0.0304. The van der Waals surface area contributed by atoms with Crippen molar-refractivity contribution in [2.45, 2.75) is 116 Å². The third kappa shape index (κ3) is 5.34. The van der Waals surface area contributed by atoms with E-state index in [9.17, 15) is 4.79 Å². The van der Waals surface area contributed by atoms with Crippen LogP contribution in [0.25, 0.3) is 22.8 Å². The van der Waals surface area contributed by atoms with E-state index < -0.39 is 40.3 Å². The van der Waals surface area contributed by atoms with Gasteiger partial charge >= 0.3 is 5.97 Å². The molecular weight excluding hydrogens is 798 g/mol. The Morgan fingerprint density at radius 2 is 1.81 bits per heavy atom. The fourth-order valence-electron chi connectivity index (χ4n) is 10.8. The average Bonchev–Trinajstić information content (AvgIpc) is 3.62. The molecule has 7 aliphatic rings. The molecule has 3 aliphatic carbocycles. The molecule has 3 saturated carbocycles. The number of aromatic nitrogens is 2. The minimum Gasteiger partial charge on any atom is -0.482 e. The number of fused-ring (bicyclic) bond motifs is 6. The Kier molecular flexibility index (Phi) is 9.02. The number of carbonyl (C=O) groups is 2. The number of carbonyl (C=O) groups excluding carboxylic acids is 2. The Morgan fingerprint density at radius 3 is 2.53 bits per heavy atom. The number of ether oxygens (including phenoxy) is 5. The number of alkyl halides is 1. The van der Waals surface area contributed by atoms with Crippen molar-refractivity contribution in [2.24, 2.45) is 11.8 Å². The van der Waals surface area contributed by atoms with Gasteiger partial charge in [0.2, 0.25) is 5.95 Å². The van der Waals surface area contributed by atoms with Crippen LogP contribution >= 0.6 is 15.9 Å². The molecule has 1 spiro atoms. The van der Waals surface area contributed by atoms with Gasteiger partial charge in [0, 0.05) is 35.0 Å². The molecule has 4 aliphatic heterocycles. The second-order valence-corrected chi connectivity index (χ2v) is 18.4. The lowest BCUT2D eigenvalue weighted by atomic mass is 9.47. The summed E-state index contributed by atoms with van der Waals surface area (Å²) in [5.41, 5.74) is 4.92. The van der Waals surface area contributed by atoms with Gasteiger partial charge in [0.25, 0.3) is 0 Å². The molecule has 1 N–H and O–H groups in total. The van der Waals surface area contributed by atoms with E-state index in [0.29, 0.717) is 41.6 Å². The van der Waals surface area contributed by atoms with Crippen molar-refractivity contribution in [3.05, 3.63) is 87.6 Å². The molecule has 2 aromatic carbocycles. The zero-order chi connectivity index (χ0) is 41.1. The summed E-state index contributed by atoms with van der Waals surface area (Å²) in [6.45, 7) is 16.4. The van der Waals surface area contributed by atoms with Crippen LogP contribution in [0, 0.1) is 11.8 Å². The van der Waals surface area contributed by atoms with Crippen molar-refractivity contribution in [3.63, 3.8) is 0 Å². The molecule has 4 bridgehead atoms. The number of benzene rings is 2. The molecule has 3 aromatic rings. The van der Waals surface area contributed by atoms with Crippen molar-refractivity contribution >= 4 is 56.4 Å². The van der Waals surface area contributed by atoms with Gasteiger partial charge in [-0.05, 0) is 121 Å². The molecule has 11 heteroatoms. The highest BCUT2D eigenvalue weighted by Gasteiger charge is 2.84. The van der Waals surface area contributed by atoms with Gasteiger partial charge in [-0.1, -0.05) is 41.5 Å². The maximum absolute atomic E-state index is 15.7. The van der Waals surface area contributed by atoms with Gasteiger partial charge < -0.3 is 33.6 Å². The molecule has 10 nitrogen and oxygen atoms in total. The van der Waals surface area contributed by atoms with E-state index in [2.05, 4.69) is 105 Å². The Morgan fingerprint density at radius 1 is 1.05 bits per heavy atom. The van der Waals surface area contributed by atoms with Gasteiger partial charge in [0.15, 0.2) is 17.0 Å². The van der Waals surface area contributed by atoms with Gasteiger partial charge in [-0.2, -0.15) is 0 Å². The smallest absolute Gasteiger partial charge is 0.333 e. The largest absolute Gasteiger partial charge is 0.482 e. The minimum atomic E-state index is -1.47. The zero-order valence-electron chi connectivity index (χ0n) is 34.8. The number of rotatable bonds is 10. The third-order valence-corrected chi connectivity index (χ3v) is 13.5. The summed E-state index contributed by atoms with van der Waals surface area (Å²) < 4.78 is 36.3.